The summed E-state index contributed by atoms with van der Waals surface area (Å²) in [7, 11) is 0. The molecule has 1 aromatic heterocycles. The first-order valence-electron chi connectivity index (χ1n) is 8.88. The number of nitrogens with two attached hydrogens (primary N) is 1. The Kier molecular flexibility index (Phi) is 5.19. The fraction of sp³-hybridized carbons (Fsp3) is 0.500. The molecule has 0 spiro atoms. The lowest BCUT2D eigenvalue weighted by Crippen LogP contribution is -2.44. The van der Waals surface area contributed by atoms with Gasteiger partial charge in [-0.1, -0.05) is 0 Å². The van der Waals surface area contributed by atoms with Gasteiger partial charge < -0.3 is 10.8 Å². The summed E-state index contributed by atoms with van der Waals surface area (Å²) in [5.41, 5.74) is 8.43. The fourth-order valence-corrected chi connectivity index (χ4v) is 5.40. The minimum absolute atomic E-state index is 0.00784. The summed E-state index contributed by atoms with van der Waals surface area (Å²) in [5.74, 6) is -2.27. The quantitative estimate of drug-likeness (QED) is 0.773. The van der Waals surface area contributed by atoms with E-state index in [0.717, 1.165) is 23.9 Å². The summed E-state index contributed by atoms with van der Waals surface area (Å²) in [5, 5.41) is 13.0. The van der Waals surface area contributed by atoms with Crippen LogP contribution in [-0.4, -0.2) is 44.2 Å². The Bertz CT molecular complexity index is 823. The first-order valence-corrected chi connectivity index (χ1v) is 9.93. The number of aliphatic hydroxyl groups is 1. The highest BCUT2D eigenvalue weighted by atomic mass is 32.2. The minimum Gasteiger partial charge on any atom is -0.394 e. The molecule has 1 aromatic carbocycles. The first-order chi connectivity index (χ1) is 13.0. The summed E-state index contributed by atoms with van der Waals surface area (Å²) >= 11 is 1.44. The van der Waals surface area contributed by atoms with Gasteiger partial charge in [0.1, 0.15) is 5.82 Å². The molecular weight excluding hydrogens is 377 g/mol. The van der Waals surface area contributed by atoms with Crippen LogP contribution in [0.2, 0.25) is 0 Å². The van der Waals surface area contributed by atoms with Crippen molar-refractivity contribution in [2.45, 2.75) is 43.4 Å². The van der Waals surface area contributed by atoms with Crippen LogP contribution in [0.1, 0.15) is 28.5 Å². The van der Waals surface area contributed by atoms with Crippen molar-refractivity contribution in [2.75, 3.05) is 12.4 Å². The van der Waals surface area contributed by atoms with Crippen LogP contribution in [0, 0.1) is 17.5 Å². The van der Waals surface area contributed by atoms with E-state index in [0.29, 0.717) is 31.3 Å². The van der Waals surface area contributed by atoms with Crippen LogP contribution in [0.15, 0.2) is 18.3 Å². The number of rotatable bonds is 4. The van der Waals surface area contributed by atoms with E-state index >= 15 is 0 Å². The fourth-order valence-electron chi connectivity index (χ4n) is 3.91. The van der Waals surface area contributed by atoms with Gasteiger partial charge in [-0.3, -0.25) is 9.58 Å². The summed E-state index contributed by atoms with van der Waals surface area (Å²) in [6, 6.07) is 1.40. The van der Waals surface area contributed by atoms with Crippen molar-refractivity contribution in [3.8, 4) is 0 Å². The van der Waals surface area contributed by atoms with Gasteiger partial charge in [-0.15, -0.1) is 0 Å². The summed E-state index contributed by atoms with van der Waals surface area (Å²) in [6.07, 6.45) is 2.57. The third-order valence-electron chi connectivity index (χ3n) is 5.23. The zero-order valence-electron chi connectivity index (χ0n) is 14.6. The summed E-state index contributed by atoms with van der Waals surface area (Å²) < 4.78 is 43.0. The number of hydrogen-bond acceptors (Lipinski definition) is 5. The minimum atomic E-state index is -1.18. The van der Waals surface area contributed by atoms with E-state index in [1.54, 1.807) is 4.68 Å². The Morgan fingerprint density at radius 3 is 2.78 bits per heavy atom. The molecule has 27 heavy (non-hydrogen) atoms. The van der Waals surface area contributed by atoms with Gasteiger partial charge in [-0.25, -0.2) is 13.2 Å². The lowest BCUT2D eigenvalue weighted by atomic mass is 9.98. The average Bonchev–Trinajstić information content (AvgIpc) is 3.17. The highest BCUT2D eigenvalue weighted by Gasteiger charge is 2.37. The summed E-state index contributed by atoms with van der Waals surface area (Å²) in [4.78, 5) is 2.28. The highest BCUT2D eigenvalue weighted by molar-refractivity contribution is 7.99. The molecule has 2 aliphatic heterocycles. The third-order valence-corrected chi connectivity index (χ3v) is 6.77. The van der Waals surface area contributed by atoms with Crippen LogP contribution < -0.4 is 5.73 Å². The van der Waals surface area contributed by atoms with E-state index in [9.17, 15) is 13.2 Å². The number of fused-ring (bicyclic) bond motifs is 1. The molecule has 0 aliphatic carbocycles. The van der Waals surface area contributed by atoms with E-state index < -0.39 is 28.7 Å². The number of aliphatic hydroxyl groups excluding tert-OH is 1. The van der Waals surface area contributed by atoms with Gasteiger partial charge in [-0.05, 0) is 12.5 Å². The van der Waals surface area contributed by atoms with E-state index in [4.69, 9.17) is 10.8 Å². The van der Waals surface area contributed by atoms with Crippen molar-refractivity contribution >= 4 is 11.8 Å². The molecule has 1 saturated heterocycles. The maximum Gasteiger partial charge on any atom is 0.163 e. The Morgan fingerprint density at radius 1 is 1.26 bits per heavy atom. The topological polar surface area (TPSA) is 67.3 Å². The Hall–Kier alpha value is -1.55. The molecule has 9 heteroatoms. The summed E-state index contributed by atoms with van der Waals surface area (Å²) in [6.45, 7) is 2.00. The molecule has 2 aliphatic rings. The van der Waals surface area contributed by atoms with Gasteiger partial charge in [0.15, 0.2) is 11.6 Å². The maximum absolute atomic E-state index is 14.1. The van der Waals surface area contributed by atoms with Gasteiger partial charge in [0, 0.05) is 59.6 Å². The predicted octanol–water partition coefficient (Wildman–Crippen LogP) is 2.18. The Labute approximate surface area is 159 Å². The van der Waals surface area contributed by atoms with E-state index in [2.05, 4.69) is 10.00 Å². The standard InChI is InChI=1S/C18H21F3N4OS/c19-11-3-13(17(21)14(20)4-11)18-15(22)5-12(9-27-18)24-6-10-7-25(1-2-26)23-16(10)8-24/h3-4,7,12,15,18,26H,1-2,5-6,8-9,22H2/t12-,15?,18-/m0/s1. The Balaban J connectivity index is 1.43. The molecule has 0 radical (unpaired) electrons. The second-order valence-corrected chi connectivity index (χ2v) is 8.27. The third kappa shape index (κ3) is 3.61. The number of halogens is 3. The lowest BCUT2D eigenvalue weighted by Gasteiger charge is -2.38. The van der Waals surface area contributed by atoms with Crippen LogP contribution in [0.3, 0.4) is 0 Å². The van der Waals surface area contributed by atoms with Crippen molar-refractivity contribution in [1.29, 1.82) is 0 Å². The molecule has 1 fully saturated rings. The molecule has 0 amide bonds. The number of hydrogen-bond donors (Lipinski definition) is 2. The van der Waals surface area contributed by atoms with Gasteiger partial charge >= 0.3 is 0 Å². The van der Waals surface area contributed by atoms with Gasteiger partial charge in [-0.2, -0.15) is 16.9 Å². The molecule has 3 N–H and O–H groups in total. The zero-order chi connectivity index (χ0) is 19.1. The van der Waals surface area contributed by atoms with E-state index in [-0.39, 0.29) is 18.2 Å². The Morgan fingerprint density at radius 2 is 2.07 bits per heavy atom. The van der Waals surface area contributed by atoms with Crippen LogP contribution >= 0.6 is 11.8 Å². The molecule has 4 rings (SSSR count). The molecule has 146 valence electrons. The second kappa shape index (κ2) is 7.46. The van der Waals surface area contributed by atoms with Crippen molar-refractivity contribution in [3.05, 3.63) is 52.6 Å². The van der Waals surface area contributed by atoms with Gasteiger partial charge in [0.2, 0.25) is 0 Å². The molecule has 0 bridgehead atoms. The molecule has 0 saturated carbocycles. The second-order valence-electron chi connectivity index (χ2n) is 7.09. The molecular formula is C18H21F3N4OS. The van der Waals surface area contributed by atoms with Crippen molar-refractivity contribution < 1.29 is 18.3 Å². The monoisotopic (exact) mass is 398 g/mol. The van der Waals surface area contributed by atoms with Crippen LogP contribution in [-0.2, 0) is 19.6 Å². The SMILES string of the molecule is NC1C[C@H](N2Cc3cn(CCO)nc3C2)CS[C@H]1c1cc(F)cc(F)c1F. The molecule has 2 aromatic rings. The molecule has 1 unspecified atom stereocenters. The molecule has 3 atom stereocenters. The highest BCUT2D eigenvalue weighted by Crippen LogP contribution is 2.42. The molecule has 5 nitrogen and oxygen atoms in total. The normalized spacial score (nSPS) is 25.7. The van der Waals surface area contributed by atoms with Gasteiger partial charge in [0.25, 0.3) is 0 Å². The van der Waals surface area contributed by atoms with Crippen molar-refractivity contribution in [3.63, 3.8) is 0 Å². The number of nitrogens with zero attached hydrogens (tertiary/aromatic N) is 3. The number of aromatic nitrogens is 2. The van der Waals surface area contributed by atoms with Crippen LogP contribution in [0.4, 0.5) is 13.2 Å². The largest absolute Gasteiger partial charge is 0.394 e. The lowest BCUT2D eigenvalue weighted by molar-refractivity contribution is 0.189. The maximum atomic E-state index is 14.1. The first kappa shape index (κ1) is 18.8. The number of benzene rings is 1. The van der Waals surface area contributed by atoms with Crippen LogP contribution in [0.25, 0.3) is 0 Å². The predicted molar refractivity (Wildman–Crippen MR) is 96.5 cm³/mol. The van der Waals surface area contributed by atoms with E-state index in [1.807, 2.05) is 6.20 Å². The smallest absolute Gasteiger partial charge is 0.163 e. The van der Waals surface area contributed by atoms with Crippen LogP contribution in [0.5, 0.6) is 0 Å². The average molecular weight is 398 g/mol. The molecule has 3 heterocycles. The van der Waals surface area contributed by atoms with Crippen molar-refractivity contribution in [2.24, 2.45) is 5.73 Å². The number of thioether (sulfide) groups is 1. The van der Waals surface area contributed by atoms with Crippen molar-refractivity contribution in [1.82, 2.24) is 14.7 Å². The van der Waals surface area contributed by atoms with E-state index in [1.165, 1.54) is 11.8 Å². The van der Waals surface area contributed by atoms with Gasteiger partial charge in [0.05, 0.1) is 18.8 Å². The zero-order valence-corrected chi connectivity index (χ0v) is 15.4.